The van der Waals surface area contributed by atoms with Gasteiger partial charge in [0.05, 0.1) is 6.04 Å². The molecular weight excluding hydrogens is 245 g/mol. The van der Waals surface area contributed by atoms with Crippen molar-refractivity contribution in [1.29, 1.82) is 0 Å². The Morgan fingerprint density at radius 2 is 2.16 bits per heavy atom. The van der Waals surface area contributed by atoms with Gasteiger partial charge >= 0.3 is 0 Å². The summed E-state index contributed by atoms with van der Waals surface area (Å²) in [6.45, 7) is 4.35. The number of carbonyl (C=O) groups is 2. The van der Waals surface area contributed by atoms with E-state index >= 15 is 0 Å². The van der Waals surface area contributed by atoms with Crippen LogP contribution in [0, 0.1) is 18.7 Å². The van der Waals surface area contributed by atoms with Gasteiger partial charge in [0.2, 0.25) is 6.29 Å². The summed E-state index contributed by atoms with van der Waals surface area (Å²) in [7, 11) is 0. The molecule has 3 nitrogen and oxygen atoms in total. The summed E-state index contributed by atoms with van der Waals surface area (Å²) in [5.41, 5.74) is 1.47. The first-order valence-electron chi connectivity index (χ1n) is 6.54. The number of aryl methyl sites for hydroxylation is 1. The lowest BCUT2D eigenvalue weighted by Gasteiger charge is -2.38. The zero-order chi connectivity index (χ0) is 14.0. The molecule has 4 heteroatoms. The largest absolute Gasteiger partial charge is 0.329 e. The molecule has 0 N–H and O–H groups in total. The van der Waals surface area contributed by atoms with Gasteiger partial charge in [-0.05, 0) is 42.9 Å². The summed E-state index contributed by atoms with van der Waals surface area (Å²) >= 11 is 0. The van der Waals surface area contributed by atoms with Gasteiger partial charge in [0.15, 0.2) is 0 Å². The number of rotatable bonds is 2. The van der Waals surface area contributed by atoms with Crippen LogP contribution in [0.5, 0.6) is 0 Å². The lowest BCUT2D eigenvalue weighted by molar-refractivity contribution is -0.142. The molecule has 1 aliphatic heterocycles. The minimum Gasteiger partial charge on any atom is -0.329 e. The average molecular weight is 263 g/mol. The topological polar surface area (TPSA) is 37.4 Å². The van der Waals surface area contributed by atoms with Gasteiger partial charge in [0.25, 0.3) is 5.91 Å². The molecule has 1 fully saturated rings. The molecule has 0 aromatic heterocycles. The predicted octanol–water partition coefficient (Wildman–Crippen LogP) is 2.63. The van der Waals surface area contributed by atoms with Gasteiger partial charge in [-0.15, -0.1) is 0 Å². The smallest absolute Gasteiger partial charge is 0.287 e. The zero-order valence-corrected chi connectivity index (χ0v) is 11.2. The van der Waals surface area contributed by atoms with Crippen LogP contribution in [0.25, 0.3) is 0 Å². The number of amides is 1. The summed E-state index contributed by atoms with van der Waals surface area (Å²) in [4.78, 5) is 24.1. The van der Waals surface area contributed by atoms with Crippen LogP contribution in [-0.4, -0.2) is 23.6 Å². The molecule has 1 aromatic rings. The van der Waals surface area contributed by atoms with Crippen LogP contribution in [0.1, 0.15) is 36.9 Å². The van der Waals surface area contributed by atoms with Crippen LogP contribution in [0.2, 0.25) is 0 Å². The van der Waals surface area contributed by atoms with E-state index in [0.717, 1.165) is 18.4 Å². The third kappa shape index (κ3) is 2.83. The van der Waals surface area contributed by atoms with Gasteiger partial charge in [-0.25, -0.2) is 4.39 Å². The Balaban J connectivity index is 2.31. The highest BCUT2D eigenvalue weighted by Crippen LogP contribution is 2.33. The molecule has 2 atom stereocenters. The Morgan fingerprint density at radius 1 is 1.42 bits per heavy atom. The van der Waals surface area contributed by atoms with Crippen LogP contribution in [0.15, 0.2) is 18.2 Å². The minimum absolute atomic E-state index is 0.117. The SMILES string of the molecule is Cc1cc(C2CCC(C)CN2C(=O)C=O)ccc1F. The second-order valence-electron chi connectivity index (χ2n) is 5.32. The molecule has 0 spiro atoms. The van der Waals surface area contributed by atoms with Crippen molar-refractivity contribution in [2.75, 3.05) is 6.54 Å². The van der Waals surface area contributed by atoms with Crippen molar-refractivity contribution in [2.24, 2.45) is 5.92 Å². The summed E-state index contributed by atoms with van der Waals surface area (Å²) < 4.78 is 13.3. The molecule has 1 amide bonds. The van der Waals surface area contributed by atoms with Crippen molar-refractivity contribution in [2.45, 2.75) is 32.7 Å². The summed E-state index contributed by atoms with van der Waals surface area (Å²) in [5, 5.41) is 0. The van der Waals surface area contributed by atoms with Crippen molar-refractivity contribution in [3.63, 3.8) is 0 Å². The molecule has 1 heterocycles. The molecule has 1 saturated heterocycles. The van der Waals surface area contributed by atoms with Crippen molar-refractivity contribution in [1.82, 2.24) is 4.90 Å². The molecule has 0 radical (unpaired) electrons. The Morgan fingerprint density at radius 3 is 2.79 bits per heavy atom. The van der Waals surface area contributed by atoms with E-state index in [-0.39, 0.29) is 11.9 Å². The van der Waals surface area contributed by atoms with Gasteiger partial charge in [-0.3, -0.25) is 9.59 Å². The Hall–Kier alpha value is -1.71. The summed E-state index contributed by atoms with van der Waals surface area (Å²) in [6.07, 6.45) is 2.18. The van der Waals surface area contributed by atoms with Crippen LogP contribution in [-0.2, 0) is 9.59 Å². The fourth-order valence-electron chi connectivity index (χ4n) is 2.69. The predicted molar refractivity (Wildman–Crippen MR) is 70.1 cm³/mol. The first kappa shape index (κ1) is 13.7. The number of aldehydes is 1. The Kier molecular flexibility index (Phi) is 3.98. The number of halogens is 1. The van der Waals surface area contributed by atoms with Gasteiger partial charge in [0.1, 0.15) is 5.82 Å². The Bertz CT molecular complexity index is 501. The van der Waals surface area contributed by atoms with Crippen molar-refractivity contribution in [3.05, 3.63) is 35.1 Å². The molecule has 0 aliphatic carbocycles. The maximum atomic E-state index is 13.3. The summed E-state index contributed by atoms with van der Waals surface area (Å²) in [5.74, 6) is -0.346. The van der Waals surface area contributed by atoms with E-state index in [9.17, 15) is 14.0 Å². The van der Waals surface area contributed by atoms with E-state index in [0.29, 0.717) is 24.3 Å². The molecule has 19 heavy (non-hydrogen) atoms. The normalized spacial score (nSPS) is 23.2. The number of hydrogen-bond donors (Lipinski definition) is 0. The zero-order valence-electron chi connectivity index (χ0n) is 11.2. The highest BCUT2D eigenvalue weighted by atomic mass is 19.1. The lowest BCUT2D eigenvalue weighted by atomic mass is 9.89. The molecule has 1 aromatic carbocycles. The molecule has 102 valence electrons. The maximum Gasteiger partial charge on any atom is 0.287 e. The average Bonchev–Trinajstić information content (AvgIpc) is 2.41. The number of carbonyl (C=O) groups excluding carboxylic acids is 2. The third-order valence-electron chi connectivity index (χ3n) is 3.77. The van der Waals surface area contributed by atoms with Gasteiger partial charge in [-0.1, -0.05) is 19.1 Å². The fraction of sp³-hybridized carbons (Fsp3) is 0.467. The van der Waals surface area contributed by atoms with Crippen LogP contribution >= 0.6 is 0 Å². The van der Waals surface area contributed by atoms with Gasteiger partial charge in [0, 0.05) is 6.54 Å². The third-order valence-corrected chi connectivity index (χ3v) is 3.77. The first-order chi connectivity index (χ1) is 9.02. The first-order valence-corrected chi connectivity index (χ1v) is 6.54. The number of benzene rings is 1. The van der Waals surface area contributed by atoms with Gasteiger partial charge < -0.3 is 4.90 Å². The second kappa shape index (κ2) is 5.51. The maximum absolute atomic E-state index is 13.3. The van der Waals surface area contributed by atoms with Crippen molar-refractivity contribution in [3.8, 4) is 0 Å². The van der Waals surface area contributed by atoms with E-state index in [2.05, 4.69) is 6.92 Å². The highest BCUT2D eigenvalue weighted by molar-refractivity contribution is 6.23. The van der Waals surface area contributed by atoms with E-state index in [1.165, 1.54) is 6.07 Å². The van der Waals surface area contributed by atoms with E-state index in [1.807, 2.05) is 0 Å². The number of hydrogen-bond acceptors (Lipinski definition) is 2. The molecule has 2 unspecified atom stereocenters. The van der Waals surface area contributed by atoms with Crippen molar-refractivity contribution < 1.29 is 14.0 Å². The quantitative estimate of drug-likeness (QED) is 0.607. The molecular formula is C15H18FNO2. The summed E-state index contributed by atoms with van der Waals surface area (Å²) in [6, 6.07) is 4.77. The monoisotopic (exact) mass is 263 g/mol. The Labute approximate surface area is 112 Å². The van der Waals surface area contributed by atoms with Crippen LogP contribution < -0.4 is 0 Å². The minimum atomic E-state index is -0.487. The van der Waals surface area contributed by atoms with Crippen LogP contribution in [0.4, 0.5) is 4.39 Å². The van der Waals surface area contributed by atoms with Crippen LogP contribution in [0.3, 0.4) is 0 Å². The van der Waals surface area contributed by atoms with E-state index < -0.39 is 5.91 Å². The van der Waals surface area contributed by atoms with E-state index in [4.69, 9.17) is 0 Å². The molecule has 0 saturated carbocycles. The standard InChI is InChI=1S/C15H18FNO2/c1-10-3-6-14(17(8-10)15(19)9-18)12-4-5-13(16)11(2)7-12/h4-5,7,9-10,14H,3,6,8H2,1-2H3. The number of likely N-dealkylation sites (tertiary alicyclic amines) is 1. The molecule has 0 bridgehead atoms. The number of nitrogens with zero attached hydrogens (tertiary/aromatic N) is 1. The van der Waals surface area contributed by atoms with Crippen molar-refractivity contribution >= 4 is 12.2 Å². The molecule has 1 aliphatic rings. The molecule has 2 rings (SSSR count). The highest BCUT2D eigenvalue weighted by Gasteiger charge is 2.30. The second-order valence-corrected chi connectivity index (χ2v) is 5.32. The fourth-order valence-corrected chi connectivity index (χ4v) is 2.69. The van der Waals surface area contributed by atoms with Gasteiger partial charge in [-0.2, -0.15) is 0 Å². The van der Waals surface area contributed by atoms with E-state index in [1.54, 1.807) is 24.0 Å². The number of piperidine rings is 1. The lowest BCUT2D eigenvalue weighted by Crippen LogP contribution is -2.42.